The molecule has 3 aliphatic rings. The number of rotatable bonds is 14. The van der Waals surface area contributed by atoms with Gasteiger partial charge in [0.05, 0.1) is 17.4 Å². The molecule has 0 bridgehead atoms. The number of hydrogen-bond donors (Lipinski definition) is 6. The SMILES string of the molecule is CC[C@]12c3c4ccc(O)c3O[C@H]1C(OC(=O)C[C@H](OC(=O)CNC(=O)CCCCCN)C(=O)O)=CC[C@@]2(O)[C@H](NC)C4. The maximum atomic E-state index is 13.0. The van der Waals surface area contributed by atoms with Gasteiger partial charge < -0.3 is 45.9 Å². The van der Waals surface area contributed by atoms with E-state index in [0.29, 0.717) is 31.4 Å². The predicted molar refractivity (Wildman–Crippen MR) is 147 cm³/mol. The summed E-state index contributed by atoms with van der Waals surface area (Å²) in [6.07, 6.45) is 1.23. The van der Waals surface area contributed by atoms with Crippen molar-refractivity contribution in [1.82, 2.24) is 10.6 Å². The standard InChI is InChI=1S/C29H39N3O10/c1-3-28-24-16-8-9-17(33)25(24)42-26(28)18(10-11-29(28,39)20(13-16)31-2)40-22(35)14-19(27(37)38)41-23(36)15-32-21(34)7-5-4-6-12-30/h8-10,19-20,26,31,33,39H,3-7,11-15,30H2,1-2H3,(H,32,34)(H,37,38)/t19-,20+,26-,28-,29+/m0/s1. The number of carbonyl (C=O) groups is 4. The average Bonchev–Trinajstić information content (AvgIpc) is 3.34. The molecule has 42 heavy (non-hydrogen) atoms. The number of carboxylic acids is 1. The Balaban J connectivity index is 1.44. The Morgan fingerprint density at radius 2 is 1.95 bits per heavy atom. The smallest absolute Gasteiger partial charge is 0.345 e. The highest BCUT2D eigenvalue weighted by Gasteiger charge is 2.69. The minimum absolute atomic E-state index is 0.0715. The fraction of sp³-hybridized carbons (Fsp3) is 0.586. The molecular weight excluding hydrogens is 550 g/mol. The Kier molecular flexibility index (Phi) is 9.43. The second-order valence-electron chi connectivity index (χ2n) is 10.9. The van der Waals surface area contributed by atoms with Crippen molar-refractivity contribution in [3.8, 4) is 11.5 Å². The third-order valence-electron chi connectivity index (χ3n) is 8.58. The second kappa shape index (κ2) is 12.7. The fourth-order valence-corrected chi connectivity index (χ4v) is 6.55. The number of aliphatic carboxylic acids is 1. The van der Waals surface area contributed by atoms with E-state index in [4.69, 9.17) is 19.9 Å². The molecule has 5 atom stereocenters. The van der Waals surface area contributed by atoms with Gasteiger partial charge in [0.1, 0.15) is 12.3 Å². The maximum absolute atomic E-state index is 13.0. The van der Waals surface area contributed by atoms with Gasteiger partial charge in [0.15, 0.2) is 17.6 Å². The van der Waals surface area contributed by atoms with Gasteiger partial charge in [-0.15, -0.1) is 0 Å². The molecule has 7 N–H and O–H groups in total. The number of hydrogen-bond acceptors (Lipinski definition) is 11. The number of ether oxygens (including phenoxy) is 3. The van der Waals surface area contributed by atoms with Crippen molar-refractivity contribution in [3.63, 3.8) is 0 Å². The highest BCUT2D eigenvalue weighted by Crippen LogP contribution is 2.63. The molecule has 0 saturated carbocycles. The fourth-order valence-electron chi connectivity index (χ4n) is 6.55. The molecule has 230 valence electrons. The summed E-state index contributed by atoms with van der Waals surface area (Å²) in [4.78, 5) is 48.8. The maximum Gasteiger partial charge on any atom is 0.345 e. The number of carboxylic acid groups (broad SMARTS) is 1. The Hall–Kier alpha value is -3.68. The van der Waals surface area contributed by atoms with Crippen LogP contribution >= 0.6 is 0 Å². The third-order valence-corrected chi connectivity index (χ3v) is 8.58. The van der Waals surface area contributed by atoms with Crippen molar-refractivity contribution in [1.29, 1.82) is 0 Å². The lowest BCUT2D eigenvalue weighted by Gasteiger charge is -2.56. The number of likely N-dealkylation sites (N-methyl/N-ethyl adjacent to an activating group) is 1. The Bertz CT molecular complexity index is 1270. The number of nitrogens with two attached hydrogens (primary N) is 1. The van der Waals surface area contributed by atoms with Gasteiger partial charge in [0.25, 0.3) is 0 Å². The van der Waals surface area contributed by atoms with Crippen LogP contribution in [0.3, 0.4) is 0 Å². The lowest BCUT2D eigenvalue weighted by atomic mass is 9.52. The number of aliphatic hydroxyl groups is 1. The van der Waals surface area contributed by atoms with Gasteiger partial charge in [-0.3, -0.25) is 14.4 Å². The number of esters is 2. The molecule has 0 unspecified atom stereocenters. The zero-order chi connectivity index (χ0) is 30.7. The van der Waals surface area contributed by atoms with Gasteiger partial charge in [0, 0.05) is 24.4 Å². The summed E-state index contributed by atoms with van der Waals surface area (Å²) in [6, 6.07) is 2.96. The first-order valence-electron chi connectivity index (χ1n) is 14.2. The molecule has 1 heterocycles. The van der Waals surface area contributed by atoms with E-state index < -0.39 is 54.1 Å². The molecule has 2 aliphatic carbocycles. The van der Waals surface area contributed by atoms with E-state index in [1.807, 2.05) is 6.92 Å². The predicted octanol–water partition coefficient (Wildman–Crippen LogP) is 0.529. The van der Waals surface area contributed by atoms with Crippen LogP contribution in [0.25, 0.3) is 0 Å². The highest BCUT2D eigenvalue weighted by molar-refractivity contribution is 5.86. The molecule has 4 rings (SSSR count). The number of aromatic hydroxyl groups is 1. The van der Waals surface area contributed by atoms with E-state index in [1.54, 1.807) is 19.2 Å². The summed E-state index contributed by atoms with van der Waals surface area (Å²) >= 11 is 0. The molecular formula is C29H39N3O10. The van der Waals surface area contributed by atoms with Crippen LogP contribution in [0.5, 0.6) is 11.5 Å². The number of phenols is 1. The largest absolute Gasteiger partial charge is 0.504 e. The summed E-state index contributed by atoms with van der Waals surface area (Å²) in [5, 5.41) is 37.8. The molecule has 13 heteroatoms. The lowest BCUT2D eigenvalue weighted by molar-refractivity contribution is -0.168. The van der Waals surface area contributed by atoms with Gasteiger partial charge in [-0.05, 0) is 57.0 Å². The minimum atomic E-state index is -1.85. The zero-order valence-corrected chi connectivity index (χ0v) is 23.8. The quantitative estimate of drug-likeness (QED) is 0.130. The van der Waals surface area contributed by atoms with Crippen LogP contribution in [0.4, 0.5) is 0 Å². The summed E-state index contributed by atoms with van der Waals surface area (Å²) in [5.41, 5.74) is 4.58. The molecule has 13 nitrogen and oxygen atoms in total. The number of phenolic OH excluding ortho intramolecular Hbond substituents is 1. The van der Waals surface area contributed by atoms with Crippen molar-refractivity contribution in [3.05, 3.63) is 35.1 Å². The molecule has 0 fully saturated rings. The summed E-state index contributed by atoms with van der Waals surface area (Å²) in [6.45, 7) is 1.85. The first-order valence-corrected chi connectivity index (χ1v) is 14.2. The first-order chi connectivity index (χ1) is 20.0. The lowest BCUT2D eigenvalue weighted by Crippen LogP contribution is -2.70. The van der Waals surface area contributed by atoms with Crippen LogP contribution in [-0.4, -0.2) is 83.1 Å². The van der Waals surface area contributed by atoms with Gasteiger partial charge in [-0.2, -0.15) is 0 Å². The number of nitrogens with one attached hydrogen (secondary N) is 2. The molecule has 1 amide bonds. The summed E-state index contributed by atoms with van der Waals surface area (Å²) in [7, 11) is 1.75. The van der Waals surface area contributed by atoms with E-state index in [0.717, 1.165) is 18.4 Å². The Morgan fingerprint density at radius 1 is 1.19 bits per heavy atom. The minimum Gasteiger partial charge on any atom is -0.504 e. The van der Waals surface area contributed by atoms with Crippen molar-refractivity contribution in [2.45, 2.75) is 87.6 Å². The molecule has 1 aromatic carbocycles. The van der Waals surface area contributed by atoms with E-state index in [1.165, 1.54) is 6.07 Å². The van der Waals surface area contributed by atoms with Crippen LogP contribution < -0.4 is 21.1 Å². The van der Waals surface area contributed by atoms with Crippen LogP contribution in [0.1, 0.15) is 63.0 Å². The highest BCUT2D eigenvalue weighted by atomic mass is 16.6. The van der Waals surface area contributed by atoms with Crippen molar-refractivity contribution >= 4 is 23.8 Å². The average molecular weight is 590 g/mol. The monoisotopic (exact) mass is 589 g/mol. The molecule has 0 radical (unpaired) electrons. The molecule has 1 aliphatic heterocycles. The van der Waals surface area contributed by atoms with Crippen LogP contribution in [0.2, 0.25) is 0 Å². The molecule has 0 spiro atoms. The molecule has 0 aromatic heterocycles. The first kappa shape index (κ1) is 31.3. The van der Waals surface area contributed by atoms with Crippen LogP contribution in [0, 0.1) is 0 Å². The van der Waals surface area contributed by atoms with E-state index in [2.05, 4.69) is 10.6 Å². The normalized spacial score (nSPS) is 25.9. The van der Waals surface area contributed by atoms with Crippen molar-refractivity contribution in [2.75, 3.05) is 20.1 Å². The topological polar surface area (TPSA) is 207 Å². The van der Waals surface area contributed by atoms with Gasteiger partial charge >= 0.3 is 17.9 Å². The zero-order valence-electron chi connectivity index (χ0n) is 23.8. The number of amides is 1. The van der Waals surface area contributed by atoms with Crippen molar-refractivity contribution < 1.29 is 48.7 Å². The van der Waals surface area contributed by atoms with Gasteiger partial charge in [-0.25, -0.2) is 4.79 Å². The Morgan fingerprint density at radius 3 is 2.62 bits per heavy atom. The van der Waals surface area contributed by atoms with Crippen molar-refractivity contribution in [2.24, 2.45) is 5.73 Å². The van der Waals surface area contributed by atoms with E-state index in [-0.39, 0.29) is 42.0 Å². The third kappa shape index (κ3) is 5.55. The summed E-state index contributed by atoms with van der Waals surface area (Å²) in [5.74, 6) is -3.78. The van der Waals surface area contributed by atoms with E-state index >= 15 is 0 Å². The van der Waals surface area contributed by atoms with Gasteiger partial charge in [0.2, 0.25) is 12.0 Å². The van der Waals surface area contributed by atoms with E-state index in [9.17, 15) is 34.5 Å². The van der Waals surface area contributed by atoms with Gasteiger partial charge in [-0.1, -0.05) is 19.4 Å². The van der Waals surface area contributed by atoms with Crippen LogP contribution in [-0.2, 0) is 40.5 Å². The number of carbonyl (C=O) groups excluding carboxylic acids is 3. The van der Waals surface area contributed by atoms with Crippen LogP contribution in [0.15, 0.2) is 24.0 Å². The molecule has 1 aromatic rings. The summed E-state index contributed by atoms with van der Waals surface area (Å²) < 4.78 is 16.7. The second-order valence-corrected chi connectivity index (χ2v) is 10.9. The Labute approximate surface area is 243 Å². The number of unbranched alkanes of at least 4 members (excludes halogenated alkanes) is 2. The number of benzene rings is 1. The molecule has 0 saturated heterocycles.